The second-order valence-electron chi connectivity index (χ2n) is 4.64. The van der Waals surface area contributed by atoms with Crippen molar-refractivity contribution in [3.63, 3.8) is 0 Å². The first-order valence-corrected chi connectivity index (χ1v) is 8.58. The summed E-state index contributed by atoms with van der Waals surface area (Å²) in [4.78, 5) is 24.0. The number of amides is 2. The normalized spacial score (nSPS) is 10.2. The summed E-state index contributed by atoms with van der Waals surface area (Å²) in [5.41, 5.74) is 1.03. The molecule has 0 heterocycles. The SMILES string of the molecule is O=C(NCCNC(=O)c1cc(Cl)ccc1I)c1ccc(Cl)cc1. The van der Waals surface area contributed by atoms with Crippen molar-refractivity contribution in [2.75, 3.05) is 13.1 Å². The zero-order chi connectivity index (χ0) is 16.8. The van der Waals surface area contributed by atoms with E-state index in [0.29, 0.717) is 34.3 Å². The van der Waals surface area contributed by atoms with Gasteiger partial charge in [-0.05, 0) is 65.1 Å². The number of benzene rings is 2. The summed E-state index contributed by atoms with van der Waals surface area (Å²) < 4.78 is 0.815. The smallest absolute Gasteiger partial charge is 0.252 e. The number of hydrogen-bond acceptors (Lipinski definition) is 2. The van der Waals surface area contributed by atoms with Crippen molar-refractivity contribution in [1.82, 2.24) is 10.6 Å². The molecule has 2 aromatic rings. The van der Waals surface area contributed by atoms with E-state index in [1.165, 1.54) is 0 Å². The summed E-state index contributed by atoms with van der Waals surface area (Å²) in [6.07, 6.45) is 0. The molecule has 0 saturated carbocycles. The minimum absolute atomic E-state index is 0.215. The minimum atomic E-state index is -0.224. The molecule has 0 fully saturated rings. The van der Waals surface area contributed by atoms with Crippen molar-refractivity contribution in [3.8, 4) is 0 Å². The lowest BCUT2D eigenvalue weighted by Crippen LogP contribution is -2.34. The number of hydrogen-bond donors (Lipinski definition) is 2. The van der Waals surface area contributed by atoms with Gasteiger partial charge in [0.05, 0.1) is 5.56 Å². The molecular weight excluding hydrogens is 450 g/mol. The van der Waals surface area contributed by atoms with Crippen LogP contribution in [0, 0.1) is 3.57 Å². The molecule has 4 nitrogen and oxygen atoms in total. The fourth-order valence-corrected chi connectivity index (χ4v) is 2.70. The van der Waals surface area contributed by atoms with Crippen molar-refractivity contribution in [3.05, 3.63) is 67.2 Å². The zero-order valence-electron chi connectivity index (χ0n) is 11.9. The van der Waals surface area contributed by atoms with Crippen LogP contribution in [0.15, 0.2) is 42.5 Å². The van der Waals surface area contributed by atoms with E-state index in [1.807, 2.05) is 0 Å². The van der Waals surface area contributed by atoms with Crippen molar-refractivity contribution >= 4 is 57.6 Å². The quantitative estimate of drug-likeness (QED) is 0.525. The van der Waals surface area contributed by atoms with Gasteiger partial charge in [-0.1, -0.05) is 23.2 Å². The van der Waals surface area contributed by atoms with Gasteiger partial charge < -0.3 is 10.6 Å². The Balaban J connectivity index is 1.81. The molecule has 0 aliphatic rings. The standard InChI is InChI=1S/C16H13Cl2IN2O2/c17-11-3-1-10(2-4-11)15(22)20-7-8-21-16(23)13-9-12(18)5-6-14(13)19/h1-6,9H,7-8H2,(H,20,22)(H,21,23). The van der Waals surface area contributed by atoms with Gasteiger partial charge in [-0.25, -0.2) is 0 Å². The molecule has 0 bridgehead atoms. The van der Waals surface area contributed by atoms with Gasteiger partial charge in [-0.15, -0.1) is 0 Å². The van der Waals surface area contributed by atoms with Gasteiger partial charge >= 0.3 is 0 Å². The lowest BCUT2D eigenvalue weighted by molar-refractivity contribution is 0.0927. The monoisotopic (exact) mass is 462 g/mol. The van der Waals surface area contributed by atoms with Crippen LogP contribution in [0.4, 0.5) is 0 Å². The van der Waals surface area contributed by atoms with Crippen LogP contribution in [0.25, 0.3) is 0 Å². The molecule has 0 aliphatic carbocycles. The average Bonchev–Trinajstić information content (AvgIpc) is 2.54. The molecule has 0 radical (unpaired) electrons. The maximum atomic E-state index is 12.1. The van der Waals surface area contributed by atoms with Gasteiger partial charge in [-0.3, -0.25) is 9.59 Å². The number of carbonyl (C=O) groups excluding carboxylic acids is 2. The highest BCUT2D eigenvalue weighted by Gasteiger charge is 2.10. The summed E-state index contributed by atoms with van der Waals surface area (Å²) in [6.45, 7) is 0.644. The molecule has 0 atom stereocenters. The Labute approximate surface area is 157 Å². The number of nitrogens with one attached hydrogen (secondary N) is 2. The van der Waals surface area contributed by atoms with E-state index >= 15 is 0 Å². The first-order valence-electron chi connectivity index (χ1n) is 6.74. The highest BCUT2D eigenvalue weighted by Crippen LogP contribution is 2.17. The van der Waals surface area contributed by atoms with Crippen LogP contribution in [0.2, 0.25) is 10.0 Å². The van der Waals surface area contributed by atoms with Crippen molar-refractivity contribution in [2.45, 2.75) is 0 Å². The number of carbonyl (C=O) groups is 2. The minimum Gasteiger partial charge on any atom is -0.350 e. The Kier molecular flexibility index (Phi) is 6.68. The van der Waals surface area contributed by atoms with E-state index in [1.54, 1.807) is 42.5 Å². The molecule has 2 aromatic carbocycles. The summed E-state index contributed by atoms with van der Waals surface area (Å²) in [5, 5.41) is 6.55. The molecule has 0 saturated heterocycles. The molecule has 0 unspecified atom stereocenters. The summed E-state index contributed by atoms with van der Waals surface area (Å²) in [7, 11) is 0. The molecular formula is C16H13Cl2IN2O2. The van der Waals surface area contributed by atoms with E-state index in [-0.39, 0.29) is 11.8 Å². The lowest BCUT2D eigenvalue weighted by Gasteiger charge is -2.09. The first-order chi connectivity index (χ1) is 11.0. The Morgan fingerprint density at radius 2 is 1.43 bits per heavy atom. The molecule has 2 N–H and O–H groups in total. The summed E-state index contributed by atoms with van der Waals surface area (Å²) >= 11 is 13.7. The molecule has 7 heteroatoms. The van der Waals surface area contributed by atoms with Gasteiger partial charge in [0, 0.05) is 32.3 Å². The van der Waals surface area contributed by atoms with Crippen LogP contribution in [0.5, 0.6) is 0 Å². The highest BCUT2D eigenvalue weighted by molar-refractivity contribution is 14.1. The zero-order valence-corrected chi connectivity index (χ0v) is 15.6. The molecule has 23 heavy (non-hydrogen) atoms. The van der Waals surface area contributed by atoms with Gasteiger partial charge in [-0.2, -0.15) is 0 Å². The second kappa shape index (κ2) is 8.52. The molecule has 0 aromatic heterocycles. The highest BCUT2D eigenvalue weighted by atomic mass is 127. The van der Waals surface area contributed by atoms with Gasteiger partial charge in [0.15, 0.2) is 0 Å². The Morgan fingerprint density at radius 1 is 0.870 bits per heavy atom. The molecule has 0 spiro atoms. The van der Waals surface area contributed by atoms with Crippen LogP contribution in [0.3, 0.4) is 0 Å². The Hall–Kier alpha value is -1.31. The van der Waals surface area contributed by atoms with Crippen molar-refractivity contribution in [2.24, 2.45) is 0 Å². The fraction of sp³-hybridized carbons (Fsp3) is 0.125. The van der Waals surface area contributed by atoms with E-state index in [2.05, 4.69) is 33.2 Å². The molecule has 120 valence electrons. The van der Waals surface area contributed by atoms with Gasteiger partial charge in [0.1, 0.15) is 0 Å². The van der Waals surface area contributed by atoms with Gasteiger partial charge in [0.2, 0.25) is 0 Å². The van der Waals surface area contributed by atoms with Crippen LogP contribution in [-0.4, -0.2) is 24.9 Å². The lowest BCUT2D eigenvalue weighted by atomic mass is 10.2. The van der Waals surface area contributed by atoms with Crippen LogP contribution in [-0.2, 0) is 0 Å². The fourth-order valence-electron chi connectivity index (χ4n) is 1.82. The first kappa shape index (κ1) is 18.0. The predicted octanol–water partition coefficient (Wildman–Crippen LogP) is 3.76. The van der Waals surface area contributed by atoms with E-state index < -0.39 is 0 Å². The topological polar surface area (TPSA) is 58.2 Å². The van der Waals surface area contributed by atoms with Gasteiger partial charge in [0.25, 0.3) is 11.8 Å². The third-order valence-electron chi connectivity index (χ3n) is 2.98. The average molecular weight is 463 g/mol. The van der Waals surface area contributed by atoms with Crippen molar-refractivity contribution < 1.29 is 9.59 Å². The summed E-state index contributed by atoms with van der Waals surface area (Å²) in [5.74, 6) is -0.439. The summed E-state index contributed by atoms with van der Waals surface area (Å²) in [6, 6.07) is 11.7. The van der Waals surface area contributed by atoms with Crippen LogP contribution in [0.1, 0.15) is 20.7 Å². The Bertz CT molecular complexity index is 721. The molecule has 0 aliphatic heterocycles. The van der Waals surface area contributed by atoms with E-state index in [4.69, 9.17) is 23.2 Å². The number of rotatable bonds is 5. The van der Waals surface area contributed by atoms with Crippen LogP contribution >= 0.6 is 45.8 Å². The molecule has 2 rings (SSSR count). The predicted molar refractivity (Wildman–Crippen MR) is 100 cm³/mol. The largest absolute Gasteiger partial charge is 0.350 e. The molecule has 2 amide bonds. The number of halogens is 3. The van der Waals surface area contributed by atoms with Crippen LogP contribution < -0.4 is 10.6 Å². The Morgan fingerprint density at radius 3 is 2.09 bits per heavy atom. The third kappa shape index (κ3) is 5.37. The van der Waals surface area contributed by atoms with E-state index in [9.17, 15) is 9.59 Å². The second-order valence-corrected chi connectivity index (χ2v) is 6.68. The third-order valence-corrected chi connectivity index (χ3v) is 4.40. The van der Waals surface area contributed by atoms with Crippen molar-refractivity contribution in [1.29, 1.82) is 0 Å². The maximum absolute atomic E-state index is 12.1. The van der Waals surface area contributed by atoms with E-state index in [0.717, 1.165) is 3.57 Å². The maximum Gasteiger partial charge on any atom is 0.252 e.